The molecule has 40 heavy (non-hydrogen) atoms. The average Bonchev–Trinajstić information content (AvgIpc) is 2.88. The van der Waals surface area contributed by atoms with Crippen LogP contribution in [0.4, 0.5) is 5.69 Å². The van der Waals surface area contributed by atoms with Crippen molar-refractivity contribution in [3.63, 3.8) is 0 Å². The number of fused-ring (bicyclic) bond motifs is 1. The first-order valence-corrected chi connectivity index (χ1v) is 13.1. The first-order valence-electron chi connectivity index (χ1n) is 12.7. The fourth-order valence-electron chi connectivity index (χ4n) is 4.21. The van der Waals surface area contributed by atoms with E-state index in [1.807, 2.05) is 75.5 Å². The van der Waals surface area contributed by atoms with E-state index in [0.717, 1.165) is 38.9 Å². The molecule has 1 amide bonds. The number of amides is 1. The minimum absolute atomic E-state index is 0.0637. The zero-order valence-electron chi connectivity index (χ0n) is 23.6. The molecule has 0 atom stereocenters. The van der Waals surface area contributed by atoms with Crippen molar-refractivity contribution in [1.82, 2.24) is 9.88 Å². The van der Waals surface area contributed by atoms with Gasteiger partial charge in [0.1, 0.15) is 5.76 Å². The molecule has 0 aliphatic rings. The highest BCUT2D eigenvalue weighted by Gasteiger charge is 2.17. The van der Waals surface area contributed by atoms with Gasteiger partial charge in [0, 0.05) is 40.1 Å². The summed E-state index contributed by atoms with van der Waals surface area (Å²) in [5, 5.41) is 20.3. The number of rotatable bonds is 7. The lowest BCUT2D eigenvalue weighted by Crippen LogP contribution is -2.18. The van der Waals surface area contributed by atoms with E-state index in [1.54, 1.807) is 24.8 Å². The normalized spacial score (nSPS) is 10.3. The SMILES string of the molecule is C=C(O)CN(C)C(=C)c1ccc(NC(=O)c2cc(-c3ccccc3Cl)nc3c(C)cc(C)cc23)cc1.CC(C)=N. The average molecular weight is 555 g/mol. The molecule has 0 radical (unpaired) electrons. The molecule has 0 saturated heterocycles. The molecule has 0 aliphatic heterocycles. The van der Waals surface area contributed by atoms with Crippen LogP contribution < -0.4 is 5.32 Å². The molecule has 0 bridgehead atoms. The summed E-state index contributed by atoms with van der Waals surface area (Å²) in [4.78, 5) is 20.2. The van der Waals surface area contributed by atoms with Crippen molar-refractivity contribution in [2.45, 2.75) is 27.7 Å². The Kier molecular flexibility index (Phi) is 9.86. The number of anilines is 1. The number of carbonyl (C=O) groups is 1. The molecule has 1 aromatic heterocycles. The van der Waals surface area contributed by atoms with Gasteiger partial charge in [-0.1, -0.05) is 66.7 Å². The van der Waals surface area contributed by atoms with Gasteiger partial charge in [-0.15, -0.1) is 0 Å². The van der Waals surface area contributed by atoms with E-state index in [-0.39, 0.29) is 11.7 Å². The Morgan fingerprint density at radius 2 is 1.68 bits per heavy atom. The second-order valence-electron chi connectivity index (χ2n) is 9.91. The van der Waals surface area contributed by atoms with Crippen LogP contribution in [0.5, 0.6) is 0 Å². The quantitative estimate of drug-likeness (QED) is 0.158. The van der Waals surface area contributed by atoms with E-state index >= 15 is 0 Å². The molecule has 3 N–H and O–H groups in total. The second kappa shape index (κ2) is 13.1. The molecule has 3 aromatic carbocycles. The zero-order chi connectivity index (χ0) is 29.6. The van der Waals surface area contributed by atoms with Crippen LogP contribution >= 0.6 is 11.6 Å². The number of aliphatic hydroxyl groups is 1. The Labute approximate surface area is 241 Å². The number of benzene rings is 3. The maximum Gasteiger partial charge on any atom is 0.256 e. The molecular formula is C33H35ClN4O2. The van der Waals surface area contributed by atoms with Crippen LogP contribution in [0.2, 0.25) is 5.02 Å². The van der Waals surface area contributed by atoms with Crippen LogP contribution in [0.3, 0.4) is 0 Å². The first kappa shape index (κ1) is 30.1. The first-order chi connectivity index (χ1) is 18.9. The van der Waals surface area contributed by atoms with Crippen molar-refractivity contribution in [1.29, 1.82) is 5.41 Å². The predicted octanol–water partition coefficient (Wildman–Crippen LogP) is 8.44. The summed E-state index contributed by atoms with van der Waals surface area (Å²) in [6, 6.07) is 20.7. The summed E-state index contributed by atoms with van der Waals surface area (Å²) >= 11 is 6.46. The molecule has 6 nitrogen and oxygen atoms in total. The minimum Gasteiger partial charge on any atom is -0.511 e. The molecule has 4 rings (SSSR count). The maximum atomic E-state index is 13.5. The molecule has 7 heteroatoms. The van der Waals surface area contributed by atoms with Crippen LogP contribution in [0.15, 0.2) is 85.6 Å². The Morgan fingerprint density at radius 1 is 1.05 bits per heavy atom. The number of aryl methyl sites for hydroxylation is 2. The predicted molar refractivity (Wildman–Crippen MR) is 169 cm³/mol. The smallest absolute Gasteiger partial charge is 0.256 e. The Hall–Kier alpha value is -4.42. The van der Waals surface area contributed by atoms with E-state index in [0.29, 0.717) is 34.2 Å². The van der Waals surface area contributed by atoms with Gasteiger partial charge in [0.15, 0.2) is 0 Å². The summed E-state index contributed by atoms with van der Waals surface area (Å²) < 4.78 is 0. The topological polar surface area (TPSA) is 89.3 Å². The van der Waals surface area contributed by atoms with Crippen molar-refractivity contribution >= 4 is 45.5 Å². The Bertz CT molecular complexity index is 1590. The lowest BCUT2D eigenvalue weighted by Gasteiger charge is -2.21. The van der Waals surface area contributed by atoms with E-state index < -0.39 is 0 Å². The van der Waals surface area contributed by atoms with E-state index in [2.05, 4.69) is 24.5 Å². The largest absolute Gasteiger partial charge is 0.511 e. The third kappa shape index (κ3) is 7.58. The number of carbonyl (C=O) groups excluding carboxylic acids is 1. The van der Waals surface area contributed by atoms with Crippen LogP contribution in [0.25, 0.3) is 27.9 Å². The van der Waals surface area contributed by atoms with E-state index in [1.165, 1.54) is 0 Å². The highest BCUT2D eigenvalue weighted by atomic mass is 35.5. The van der Waals surface area contributed by atoms with Crippen molar-refractivity contribution in [3.05, 3.63) is 113 Å². The maximum absolute atomic E-state index is 13.5. The zero-order valence-corrected chi connectivity index (χ0v) is 24.4. The van der Waals surface area contributed by atoms with Crippen molar-refractivity contribution in [2.75, 3.05) is 18.9 Å². The summed E-state index contributed by atoms with van der Waals surface area (Å²) in [6.07, 6.45) is 0. The monoisotopic (exact) mass is 554 g/mol. The molecule has 0 unspecified atom stereocenters. The fraction of sp³-hybridized carbons (Fsp3) is 0.182. The molecule has 206 valence electrons. The molecule has 4 aromatic rings. The molecular weight excluding hydrogens is 520 g/mol. The van der Waals surface area contributed by atoms with Gasteiger partial charge < -0.3 is 20.7 Å². The summed E-state index contributed by atoms with van der Waals surface area (Å²) in [6.45, 7) is 15.4. The van der Waals surface area contributed by atoms with Gasteiger partial charge in [-0.05, 0) is 69.2 Å². The molecule has 0 saturated carbocycles. The molecule has 0 aliphatic carbocycles. The number of aromatic nitrogens is 1. The molecule has 0 spiro atoms. The molecule has 0 fully saturated rings. The number of pyridine rings is 1. The fourth-order valence-corrected chi connectivity index (χ4v) is 4.44. The van der Waals surface area contributed by atoms with Gasteiger partial charge in [-0.25, -0.2) is 4.98 Å². The number of nitrogens with one attached hydrogen (secondary N) is 2. The van der Waals surface area contributed by atoms with Crippen LogP contribution in [0.1, 0.15) is 40.9 Å². The highest BCUT2D eigenvalue weighted by molar-refractivity contribution is 6.33. The van der Waals surface area contributed by atoms with Crippen molar-refractivity contribution in [2.24, 2.45) is 0 Å². The van der Waals surface area contributed by atoms with Crippen LogP contribution in [-0.2, 0) is 0 Å². The number of hydrogen-bond acceptors (Lipinski definition) is 5. The Morgan fingerprint density at radius 3 is 2.27 bits per heavy atom. The number of aliphatic hydroxyl groups excluding tert-OH is 1. The van der Waals surface area contributed by atoms with Gasteiger partial charge >= 0.3 is 0 Å². The summed E-state index contributed by atoms with van der Waals surface area (Å²) in [5.41, 5.74) is 7.68. The van der Waals surface area contributed by atoms with E-state index in [4.69, 9.17) is 22.0 Å². The molecule has 1 heterocycles. The lowest BCUT2D eigenvalue weighted by molar-refractivity contribution is 0.102. The third-order valence-corrected chi connectivity index (χ3v) is 6.33. The standard InChI is InChI=1S/C30H28ClN3O2.C3H7N/c1-18-14-19(2)29-25(15-18)26(16-28(33-29)24-8-6-7-9-27(24)31)30(36)32-23-12-10-22(11-13-23)21(4)34(5)17-20(3)35;1-3(2)4/h6-16,35H,3-4,17H2,1-2,5H3,(H,32,36);4H,1-2H3. The number of halogens is 1. The number of nitrogens with zero attached hydrogens (tertiary/aromatic N) is 2. The Balaban J connectivity index is 0.00000103. The lowest BCUT2D eigenvalue weighted by atomic mass is 9.99. The highest BCUT2D eigenvalue weighted by Crippen LogP contribution is 2.32. The van der Waals surface area contributed by atoms with Gasteiger partial charge in [0.2, 0.25) is 0 Å². The minimum atomic E-state index is -0.235. The second-order valence-corrected chi connectivity index (χ2v) is 10.3. The van der Waals surface area contributed by atoms with Gasteiger partial charge in [0.05, 0.1) is 23.3 Å². The van der Waals surface area contributed by atoms with Gasteiger partial charge in [0.25, 0.3) is 5.91 Å². The van der Waals surface area contributed by atoms with Crippen molar-refractivity contribution in [3.8, 4) is 11.3 Å². The summed E-state index contributed by atoms with van der Waals surface area (Å²) in [7, 11) is 1.83. The van der Waals surface area contributed by atoms with Gasteiger partial charge in [-0.2, -0.15) is 0 Å². The van der Waals surface area contributed by atoms with Crippen molar-refractivity contribution < 1.29 is 9.90 Å². The summed E-state index contributed by atoms with van der Waals surface area (Å²) in [5.74, 6) is -0.172. The van der Waals surface area contributed by atoms with E-state index in [9.17, 15) is 9.90 Å². The van der Waals surface area contributed by atoms with Gasteiger partial charge in [-0.3, -0.25) is 4.79 Å². The van der Waals surface area contributed by atoms with Crippen LogP contribution in [-0.4, -0.2) is 40.2 Å². The third-order valence-electron chi connectivity index (χ3n) is 6.00. The van der Waals surface area contributed by atoms with Crippen LogP contribution in [0, 0.1) is 19.3 Å². The number of likely N-dealkylation sites (N-methyl/N-ethyl adjacent to an activating group) is 1. The number of hydrogen-bond donors (Lipinski definition) is 3.